The molecule has 0 radical (unpaired) electrons. The molecule has 0 amide bonds. The van der Waals surface area contributed by atoms with Crippen LogP contribution in [0.1, 0.15) is 66.2 Å². The lowest BCUT2D eigenvalue weighted by molar-refractivity contribution is 0.136. The first kappa shape index (κ1) is 18.3. The lowest BCUT2D eigenvalue weighted by atomic mass is 9.87. The quantitative estimate of drug-likeness (QED) is 0.683. The van der Waals surface area contributed by atoms with Gasteiger partial charge in [-0.1, -0.05) is 27.7 Å². The second kappa shape index (κ2) is 9.27. The van der Waals surface area contributed by atoms with Crippen LogP contribution in [-0.2, 0) is 0 Å². The maximum atomic E-state index is 2.72. The van der Waals surface area contributed by atoms with E-state index >= 15 is 0 Å². The van der Waals surface area contributed by atoms with Crippen LogP contribution < -0.4 is 0 Å². The molecule has 2 aliphatic heterocycles. The van der Waals surface area contributed by atoms with Crippen LogP contribution in [0, 0.1) is 23.7 Å². The highest BCUT2D eigenvalue weighted by atomic mass is 15.2. The number of piperidine rings is 2. The molecular formula is C20H40N2. The first-order valence-electron chi connectivity index (χ1n) is 9.99. The van der Waals surface area contributed by atoms with Crippen molar-refractivity contribution in [3.8, 4) is 0 Å². The van der Waals surface area contributed by atoms with Gasteiger partial charge < -0.3 is 9.80 Å². The minimum Gasteiger partial charge on any atom is -0.303 e. The first-order valence-corrected chi connectivity index (χ1v) is 9.99. The fraction of sp³-hybridized carbons (Fsp3) is 1.00. The van der Waals surface area contributed by atoms with Gasteiger partial charge in [0.1, 0.15) is 0 Å². The average Bonchev–Trinajstić information content (AvgIpc) is 2.49. The summed E-state index contributed by atoms with van der Waals surface area (Å²) in [5.41, 5.74) is 0. The van der Waals surface area contributed by atoms with E-state index in [-0.39, 0.29) is 0 Å². The van der Waals surface area contributed by atoms with Crippen molar-refractivity contribution in [1.29, 1.82) is 0 Å². The Labute approximate surface area is 139 Å². The maximum Gasteiger partial charge on any atom is -0.000654 e. The molecule has 2 heteroatoms. The van der Waals surface area contributed by atoms with Crippen LogP contribution in [-0.4, -0.2) is 49.1 Å². The second-order valence-corrected chi connectivity index (χ2v) is 8.69. The summed E-state index contributed by atoms with van der Waals surface area (Å²) in [6, 6.07) is 0. The maximum absolute atomic E-state index is 2.72. The highest BCUT2D eigenvalue weighted by molar-refractivity contribution is 4.76. The SMILES string of the molecule is CC(C)CC1CCN(CCCN2CCC(C(C)C)CC2)CC1. The van der Waals surface area contributed by atoms with Gasteiger partial charge in [-0.3, -0.25) is 0 Å². The zero-order valence-corrected chi connectivity index (χ0v) is 15.7. The average molecular weight is 309 g/mol. The predicted molar refractivity (Wildman–Crippen MR) is 97.2 cm³/mol. The summed E-state index contributed by atoms with van der Waals surface area (Å²) in [5, 5.41) is 0. The summed E-state index contributed by atoms with van der Waals surface area (Å²) in [7, 11) is 0. The Morgan fingerprint density at radius 1 is 0.773 bits per heavy atom. The summed E-state index contributed by atoms with van der Waals surface area (Å²) in [6.45, 7) is 17.6. The van der Waals surface area contributed by atoms with Crippen LogP contribution in [0.5, 0.6) is 0 Å². The number of hydrogen-bond donors (Lipinski definition) is 0. The normalized spacial score (nSPS) is 23.7. The molecule has 0 aliphatic carbocycles. The van der Waals surface area contributed by atoms with Gasteiger partial charge in [-0.25, -0.2) is 0 Å². The van der Waals surface area contributed by atoms with Crippen LogP contribution in [0.2, 0.25) is 0 Å². The molecule has 0 atom stereocenters. The lowest BCUT2D eigenvalue weighted by Gasteiger charge is -2.35. The van der Waals surface area contributed by atoms with E-state index in [4.69, 9.17) is 0 Å². The molecule has 2 saturated heterocycles. The lowest BCUT2D eigenvalue weighted by Crippen LogP contribution is -2.39. The van der Waals surface area contributed by atoms with Crippen molar-refractivity contribution in [3.05, 3.63) is 0 Å². The molecule has 2 heterocycles. The van der Waals surface area contributed by atoms with E-state index in [0.29, 0.717) is 0 Å². The van der Waals surface area contributed by atoms with E-state index in [2.05, 4.69) is 37.5 Å². The van der Waals surface area contributed by atoms with E-state index in [1.807, 2.05) is 0 Å². The third-order valence-electron chi connectivity index (χ3n) is 6.04. The van der Waals surface area contributed by atoms with Gasteiger partial charge in [0.05, 0.1) is 0 Å². The highest BCUT2D eigenvalue weighted by Gasteiger charge is 2.22. The van der Waals surface area contributed by atoms with E-state index in [1.54, 1.807) is 0 Å². The summed E-state index contributed by atoms with van der Waals surface area (Å²) in [6.07, 6.45) is 8.56. The van der Waals surface area contributed by atoms with Gasteiger partial charge in [0, 0.05) is 0 Å². The zero-order chi connectivity index (χ0) is 15.9. The largest absolute Gasteiger partial charge is 0.303 e. The Hall–Kier alpha value is -0.0800. The number of nitrogens with zero attached hydrogens (tertiary/aromatic N) is 2. The van der Waals surface area contributed by atoms with E-state index in [0.717, 1.165) is 23.7 Å². The Morgan fingerprint density at radius 2 is 1.27 bits per heavy atom. The molecule has 130 valence electrons. The van der Waals surface area contributed by atoms with Gasteiger partial charge in [-0.15, -0.1) is 0 Å². The molecule has 0 N–H and O–H groups in total. The third kappa shape index (κ3) is 6.20. The van der Waals surface area contributed by atoms with Crippen LogP contribution in [0.15, 0.2) is 0 Å². The van der Waals surface area contributed by atoms with Gasteiger partial charge in [-0.2, -0.15) is 0 Å². The standard InChI is InChI=1S/C20H40N2/c1-17(2)16-19-6-12-21(13-7-19)10-5-11-22-14-8-20(9-15-22)18(3)4/h17-20H,5-16H2,1-4H3. The predicted octanol–water partition coefficient (Wildman–Crippen LogP) is 4.50. The summed E-state index contributed by atoms with van der Waals surface area (Å²) < 4.78 is 0. The summed E-state index contributed by atoms with van der Waals surface area (Å²) in [5.74, 6) is 3.75. The monoisotopic (exact) mass is 308 g/mol. The summed E-state index contributed by atoms with van der Waals surface area (Å²) in [4.78, 5) is 5.43. The Kier molecular flexibility index (Phi) is 7.70. The van der Waals surface area contributed by atoms with Crippen LogP contribution in [0.4, 0.5) is 0 Å². The van der Waals surface area contributed by atoms with E-state index in [9.17, 15) is 0 Å². The Bertz CT molecular complexity index is 284. The smallest absolute Gasteiger partial charge is 0.000654 e. The van der Waals surface area contributed by atoms with Crippen LogP contribution in [0.25, 0.3) is 0 Å². The molecule has 0 bridgehead atoms. The molecule has 2 nitrogen and oxygen atoms in total. The Morgan fingerprint density at radius 3 is 1.73 bits per heavy atom. The van der Waals surface area contributed by atoms with Crippen molar-refractivity contribution in [2.75, 3.05) is 39.3 Å². The Balaban J connectivity index is 1.53. The zero-order valence-electron chi connectivity index (χ0n) is 15.7. The van der Waals surface area contributed by atoms with Gasteiger partial charge in [0.2, 0.25) is 0 Å². The van der Waals surface area contributed by atoms with E-state index in [1.165, 1.54) is 77.8 Å². The highest BCUT2D eigenvalue weighted by Crippen LogP contribution is 2.25. The molecule has 0 aromatic rings. The van der Waals surface area contributed by atoms with Crippen LogP contribution in [0.3, 0.4) is 0 Å². The molecule has 2 rings (SSSR count). The van der Waals surface area contributed by atoms with Crippen LogP contribution >= 0.6 is 0 Å². The van der Waals surface area contributed by atoms with Crippen molar-refractivity contribution in [2.45, 2.75) is 66.2 Å². The van der Waals surface area contributed by atoms with Gasteiger partial charge >= 0.3 is 0 Å². The molecule has 0 saturated carbocycles. The molecule has 0 unspecified atom stereocenters. The van der Waals surface area contributed by atoms with Crippen molar-refractivity contribution in [3.63, 3.8) is 0 Å². The second-order valence-electron chi connectivity index (χ2n) is 8.69. The minimum absolute atomic E-state index is 0.880. The topological polar surface area (TPSA) is 6.48 Å². The molecular weight excluding hydrogens is 268 g/mol. The molecule has 0 aromatic heterocycles. The molecule has 2 fully saturated rings. The third-order valence-corrected chi connectivity index (χ3v) is 6.04. The fourth-order valence-electron chi connectivity index (χ4n) is 4.47. The van der Waals surface area contributed by atoms with Crippen molar-refractivity contribution >= 4 is 0 Å². The molecule has 0 aromatic carbocycles. The van der Waals surface area contributed by atoms with Crippen molar-refractivity contribution in [2.24, 2.45) is 23.7 Å². The van der Waals surface area contributed by atoms with Crippen molar-refractivity contribution < 1.29 is 0 Å². The van der Waals surface area contributed by atoms with Gasteiger partial charge in [0.25, 0.3) is 0 Å². The number of hydrogen-bond acceptors (Lipinski definition) is 2. The van der Waals surface area contributed by atoms with Gasteiger partial charge in [-0.05, 0) is 101 Å². The van der Waals surface area contributed by atoms with Gasteiger partial charge in [0.15, 0.2) is 0 Å². The van der Waals surface area contributed by atoms with Crippen molar-refractivity contribution in [1.82, 2.24) is 9.80 Å². The number of likely N-dealkylation sites (tertiary alicyclic amines) is 2. The molecule has 2 aliphatic rings. The minimum atomic E-state index is 0.880. The van der Waals surface area contributed by atoms with E-state index < -0.39 is 0 Å². The number of rotatable bonds is 7. The first-order chi connectivity index (χ1) is 10.5. The summed E-state index contributed by atoms with van der Waals surface area (Å²) >= 11 is 0. The fourth-order valence-corrected chi connectivity index (χ4v) is 4.47. The molecule has 22 heavy (non-hydrogen) atoms. The molecule has 0 spiro atoms.